The second-order valence-electron chi connectivity index (χ2n) is 8.68. The van der Waals surface area contributed by atoms with Gasteiger partial charge in [-0.3, -0.25) is 19.1 Å². The summed E-state index contributed by atoms with van der Waals surface area (Å²) < 4.78 is 1.61. The number of aryl methyl sites for hydroxylation is 1. The summed E-state index contributed by atoms with van der Waals surface area (Å²) in [5, 5.41) is 29.0. The molecule has 3 heterocycles. The summed E-state index contributed by atoms with van der Waals surface area (Å²) in [5.41, 5.74) is 8.57. The first kappa shape index (κ1) is 24.6. The second kappa shape index (κ2) is 10.4. The maximum atomic E-state index is 12.7. The van der Waals surface area contributed by atoms with E-state index >= 15 is 0 Å². The molecule has 0 aliphatic carbocycles. The second-order valence-corrected chi connectivity index (χ2v) is 8.68. The Bertz CT molecular complexity index is 1340. The van der Waals surface area contributed by atoms with Gasteiger partial charge in [0.25, 0.3) is 5.91 Å². The Morgan fingerprint density at radius 3 is 2.64 bits per heavy atom. The molecule has 0 atom stereocenters. The lowest BCUT2D eigenvalue weighted by molar-refractivity contribution is -0.145. The molecule has 0 spiro atoms. The van der Waals surface area contributed by atoms with Crippen LogP contribution < -0.4 is 11.1 Å². The van der Waals surface area contributed by atoms with Crippen molar-refractivity contribution in [1.82, 2.24) is 25.0 Å². The smallest absolute Gasteiger partial charge is 0.306 e. The number of carboxylic acids is 1. The van der Waals surface area contributed by atoms with Gasteiger partial charge in [-0.2, -0.15) is 5.10 Å². The van der Waals surface area contributed by atoms with Crippen molar-refractivity contribution >= 4 is 34.7 Å². The highest BCUT2D eigenvalue weighted by molar-refractivity contribution is 5.97. The SMILES string of the molecule is Cn1nc(Cc2cccc(C(=O)NCC(=O)N3CCC(C(=O)O)CC3)c2)c2ccc(/C(N)=N/O)nc21. The summed E-state index contributed by atoms with van der Waals surface area (Å²) in [6.07, 6.45) is 1.28. The number of nitrogens with zero attached hydrogens (tertiary/aromatic N) is 5. The molecule has 1 fully saturated rings. The normalized spacial score (nSPS) is 14.7. The molecular formula is C24H27N7O5. The van der Waals surface area contributed by atoms with Crippen molar-refractivity contribution < 1.29 is 24.7 Å². The number of piperidine rings is 1. The Balaban J connectivity index is 1.40. The van der Waals surface area contributed by atoms with Gasteiger partial charge >= 0.3 is 5.97 Å². The number of carbonyl (C=O) groups is 3. The van der Waals surface area contributed by atoms with Gasteiger partial charge in [0.2, 0.25) is 5.91 Å². The van der Waals surface area contributed by atoms with Crippen LogP contribution in [0.25, 0.3) is 11.0 Å². The van der Waals surface area contributed by atoms with E-state index in [-0.39, 0.29) is 24.2 Å². The van der Waals surface area contributed by atoms with E-state index in [1.807, 2.05) is 6.07 Å². The number of nitrogens with two attached hydrogens (primary N) is 1. The third-order valence-electron chi connectivity index (χ3n) is 6.29. The number of fused-ring (bicyclic) bond motifs is 1. The number of aliphatic carboxylic acids is 1. The van der Waals surface area contributed by atoms with Crippen LogP contribution in [-0.4, -0.2) is 73.2 Å². The first-order valence-electron chi connectivity index (χ1n) is 11.4. The van der Waals surface area contributed by atoms with E-state index in [1.165, 1.54) is 0 Å². The lowest BCUT2D eigenvalue weighted by Crippen LogP contribution is -2.45. The molecule has 4 rings (SSSR count). The Labute approximate surface area is 206 Å². The van der Waals surface area contributed by atoms with Gasteiger partial charge in [-0.15, -0.1) is 0 Å². The lowest BCUT2D eigenvalue weighted by Gasteiger charge is -2.30. The molecule has 1 aromatic carbocycles. The van der Waals surface area contributed by atoms with Crippen LogP contribution in [0.4, 0.5) is 0 Å². The van der Waals surface area contributed by atoms with Crippen molar-refractivity contribution in [2.24, 2.45) is 23.9 Å². The fourth-order valence-electron chi connectivity index (χ4n) is 4.29. The van der Waals surface area contributed by atoms with Crippen molar-refractivity contribution in [2.75, 3.05) is 19.6 Å². The molecular weight excluding hydrogens is 466 g/mol. The first-order chi connectivity index (χ1) is 17.3. The molecule has 1 saturated heterocycles. The van der Waals surface area contributed by atoms with E-state index in [1.54, 1.807) is 47.0 Å². The van der Waals surface area contributed by atoms with Crippen LogP contribution in [0, 0.1) is 5.92 Å². The highest BCUT2D eigenvalue weighted by Gasteiger charge is 2.27. The van der Waals surface area contributed by atoms with Crippen LogP contribution in [0.15, 0.2) is 41.6 Å². The largest absolute Gasteiger partial charge is 0.481 e. The minimum atomic E-state index is -0.837. The molecule has 1 aliphatic heterocycles. The van der Waals surface area contributed by atoms with Gasteiger partial charge in [0.15, 0.2) is 11.5 Å². The maximum absolute atomic E-state index is 12.7. The molecule has 0 radical (unpaired) electrons. The first-order valence-corrected chi connectivity index (χ1v) is 11.4. The molecule has 2 aromatic heterocycles. The van der Waals surface area contributed by atoms with Gasteiger partial charge in [0.05, 0.1) is 18.2 Å². The minimum absolute atomic E-state index is 0.0958. The van der Waals surface area contributed by atoms with Crippen molar-refractivity contribution in [3.63, 3.8) is 0 Å². The number of aromatic nitrogens is 3. The van der Waals surface area contributed by atoms with E-state index in [2.05, 4.69) is 20.6 Å². The number of nitrogens with one attached hydrogen (secondary N) is 1. The molecule has 188 valence electrons. The molecule has 2 amide bonds. The molecule has 12 heteroatoms. The Morgan fingerprint density at radius 1 is 1.19 bits per heavy atom. The van der Waals surface area contributed by atoms with Crippen molar-refractivity contribution in [3.8, 4) is 0 Å². The van der Waals surface area contributed by atoms with Crippen LogP contribution in [0.5, 0.6) is 0 Å². The number of hydrogen-bond donors (Lipinski definition) is 4. The standard InChI is InChI=1S/C24H27N7O5/c1-30-22-17(5-6-18(27-22)21(25)29-36)19(28-30)12-14-3-2-4-16(11-14)23(33)26-13-20(32)31-9-7-15(8-10-31)24(34)35/h2-6,11,15,36H,7-10,12-13H2,1H3,(H2,25,29)(H,26,33)(H,34,35). The number of amides is 2. The average Bonchev–Trinajstić information content (AvgIpc) is 3.20. The summed E-state index contributed by atoms with van der Waals surface area (Å²) in [7, 11) is 1.75. The number of carbonyl (C=O) groups excluding carboxylic acids is 2. The predicted octanol–water partition coefficient (Wildman–Crippen LogP) is 0.707. The number of hydrogen-bond acceptors (Lipinski definition) is 7. The molecule has 1 aliphatic rings. The molecule has 5 N–H and O–H groups in total. The molecule has 36 heavy (non-hydrogen) atoms. The van der Waals surface area contributed by atoms with E-state index < -0.39 is 11.9 Å². The molecule has 0 unspecified atom stereocenters. The third-order valence-corrected chi connectivity index (χ3v) is 6.29. The van der Waals surface area contributed by atoms with Gasteiger partial charge in [0, 0.05) is 37.5 Å². The number of pyridine rings is 1. The zero-order valence-corrected chi connectivity index (χ0v) is 19.7. The highest BCUT2D eigenvalue weighted by atomic mass is 16.4. The monoisotopic (exact) mass is 493 g/mol. The summed E-state index contributed by atoms with van der Waals surface area (Å²) >= 11 is 0. The predicted molar refractivity (Wildman–Crippen MR) is 130 cm³/mol. The highest BCUT2D eigenvalue weighted by Crippen LogP contribution is 2.21. The van der Waals surface area contributed by atoms with Crippen LogP contribution in [0.1, 0.15) is 40.2 Å². The topological polar surface area (TPSA) is 176 Å². The zero-order chi connectivity index (χ0) is 25.8. The van der Waals surface area contributed by atoms with Crippen molar-refractivity contribution in [3.05, 3.63) is 58.9 Å². The average molecular weight is 494 g/mol. The summed E-state index contributed by atoms with van der Waals surface area (Å²) in [5.74, 6) is -1.96. The van der Waals surface area contributed by atoms with Gasteiger partial charge in [-0.05, 0) is 42.7 Å². The van der Waals surface area contributed by atoms with Crippen LogP contribution >= 0.6 is 0 Å². The number of oxime groups is 1. The van der Waals surface area contributed by atoms with Gasteiger partial charge in [0.1, 0.15) is 5.69 Å². The lowest BCUT2D eigenvalue weighted by atomic mass is 9.97. The number of carboxylic acid groups (broad SMARTS) is 1. The fourth-order valence-corrected chi connectivity index (χ4v) is 4.29. The minimum Gasteiger partial charge on any atom is -0.481 e. The molecule has 0 saturated carbocycles. The number of likely N-dealkylation sites (tertiary alicyclic amines) is 1. The zero-order valence-electron chi connectivity index (χ0n) is 19.7. The number of amidine groups is 1. The summed E-state index contributed by atoms with van der Waals surface area (Å²) in [4.78, 5) is 42.2. The number of benzene rings is 1. The Kier molecular flexibility index (Phi) is 7.13. The molecule has 3 aromatic rings. The van der Waals surface area contributed by atoms with E-state index in [0.717, 1.165) is 16.6 Å². The van der Waals surface area contributed by atoms with E-state index in [9.17, 15) is 14.4 Å². The van der Waals surface area contributed by atoms with Crippen LogP contribution in [0.2, 0.25) is 0 Å². The van der Waals surface area contributed by atoms with Gasteiger partial charge in [-0.25, -0.2) is 4.98 Å². The third kappa shape index (κ3) is 5.27. The van der Waals surface area contributed by atoms with Crippen molar-refractivity contribution in [2.45, 2.75) is 19.3 Å². The Morgan fingerprint density at radius 2 is 1.94 bits per heavy atom. The van der Waals surface area contributed by atoms with Gasteiger partial charge in [-0.1, -0.05) is 17.3 Å². The fraction of sp³-hybridized carbons (Fsp3) is 0.333. The summed E-state index contributed by atoms with van der Waals surface area (Å²) in [6.45, 7) is 0.587. The van der Waals surface area contributed by atoms with Crippen LogP contribution in [-0.2, 0) is 23.1 Å². The Hall–Kier alpha value is -4.48. The number of rotatable bonds is 7. The van der Waals surface area contributed by atoms with E-state index in [4.69, 9.17) is 16.0 Å². The van der Waals surface area contributed by atoms with E-state index in [0.29, 0.717) is 49.3 Å². The molecule has 0 bridgehead atoms. The summed E-state index contributed by atoms with van der Waals surface area (Å²) in [6, 6.07) is 10.5. The molecule has 12 nitrogen and oxygen atoms in total. The van der Waals surface area contributed by atoms with Crippen LogP contribution in [0.3, 0.4) is 0 Å². The van der Waals surface area contributed by atoms with Crippen molar-refractivity contribution in [1.29, 1.82) is 0 Å². The van der Waals surface area contributed by atoms with Gasteiger partial charge < -0.3 is 26.3 Å². The maximum Gasteiger partial charge on any atom is 0.306 e. The quantitative estimate of drug-likeness (QED) is 0.161.